The molecule has 0 amide bonds. The standard InChI is InChI=1S/C9H8S.BHNS/c1-7-3-2-4-9-8(7)5-6-10-9;1-2-3/h2-6H,1H3;3H. The molecule has 0 atom stereocenters. The van der Waals surface area contributed by atoms with Gasteiger partial charge in [0.05, 0.1) is 0 Å². The molecule has 0 bridgehead atoms. The number of nitrogens with zero attached hydrogens (tertiary/aromatic N) is 1. The Bertz CT molecular complexity index is 397. The Morgan fingerprint density at radius 2 is 2.08 bits per heavy atom. The fourth-order valence-electron chi connectivity index (χ4n) is 1.15. The fourth-order valence-corrected chi connectivity index (χ4v) is 2.01. The normalized spacial score (nSPS) is 9.00. The van der Waals surface area contributed by atoms with Crippen molar-refractivity contribution >= 4 is 41.9 Å². The van der Waals surface area contributed by atoms with Gasteiger partial charge in [0.15, 0.2) is 0 Å². The van der Waals surface area contributed by atoms with Gasteiger partial charge < -0.3 is 0 Å². The zero-order chi connectivity index (χ0) is 9.68. The van der Waals surface area contributed by atoms with Gasteiger partial charge in [0.1, 0.15) is 0 Å². The molecule has 0 saturated carbocycles. The topological polar surface area (TPSA) is 12.4 Å². The Balaban J connectivity index is 0.000000251. The molecule has 1 nitrogen and oxygen atoms in total. The Labute approximate surface area is 88.5 Å². The SMILES string of the molecule is Cc1cccc2sccc12.[B]=NS. The van der Waals surface area contributed by atoms with Gasteiger partial charge in [0.2, 0.25) is 0 Å². The fraction of sp³-hybridized carbons (Fsp3) is 0.111. The Morgan fingerprint density at radius 1 is 1.38 bits per heavy atom. The molecular formula is C9H9BNS2. The van der Waals surface area contributed by atoms with Gasteiger partial charge in [-0.25, -0.2) is 0 Å². The Morgan fingerprint density at radius 3 is 2.69 bits per heavy atom. The molecule has 4 heteroatoms. The van der Waals surface area contributed by atoms with Crippen molar-refractivity contribution in [3.05, 3.63) is 35.2 Å². The molecule has 1 heterocycles. The molecule has 0 N–H and O–H groups in total. The predicted molar refractivity (Wildman–Crippen MR) is 63.7 cm³/mol. The molecule has 0 fully saturated rings. The summed E-state index contributed by atoms with van der Waals surface area (Å²) < 4.78 is 4.08. The first-order valence-electron chi connectivity index (χ1n) is 3.76. The van der Waals surface area contributed by atoms with Crippen molar-refractivity contribution in [3.63, 3.8) is 0 Å². The van der Waals surface area contributed by atoms with E-state index in [0.29, 0.717) is 0 Å². The van der Waals surface area contributed by atoms with Crippen LogP contribution in [0.2, 0.25) is 0 Å². The minimum absolute atomic E-state index is 1.37. The van der Waals surface area contributed by atoms with E-state index in [2.05, 4.69) is 61.3 Å². The van der Waals surface area contributed by atoms with Crippen molar-refractivity contribution in [1.82, 2.24) is 0 Å². The molecule has 0 aliphatic carbocycles. The zero-order valence-corrected chi connectivity index (χ0v) is 8.98. The van der Waals surface area contributed by atoms with Crippen molar-refractivity contribution in [2.24, 2.45) is 4.30 Å². The summed E-state index contributed by atoms with van der Waals surface area (Å²) in [6.45, 7) is 2.15. The van der Waals surface area contributed by atoms with Gasteiger partial charge in [0, 0.05) is 4.70 Å². The number of hydrogen-bond donors (Lipinski definition) is 1. The van der Waals surface area contributed by atoms with Crippen LogP contribution in [0.25, 0.3) is 10.1 Å². The Hall–Kier alpha value is -0.605. The summed E-state index contributed by atoms with van der Waals surface area (Å²) >= 11 is 4.99. The van der Waals surface area contributed by atoms with Gasteiger partial charge in [0.25, 0.3) is 0 Å². The van der Waals surface area contributed by atoms with E-state index in [4.69, 9.17) is 0 Å². The number of aryl methyl sites for hydroxylation is 1. The number of fused-ring (bicyclic) bond motifs is 1. The van der Waals surface area contributed by atoms with Crippen LogP contribution in [-0.2, 0) is 0 Å². The third-order valence-electron chi connectivity index (χ3n) is 1.71. The second kappa shape index (κ2) is 5.20. The van der Waals surface area contributed by atoms with Crippen LogP contribution in [-0.4, -0.2) is 7.64 Å². The van der Waals surface area contributed by atoms with E-state index in [1.807, 2.05) is 0 Å². The van der Waals surface area contributed by atoms with Crippen molar-refractivity contribution in [2.75, 3.05) is 0 Å². The summed E-state index contributed by atoms with van der Waals surface area (Å²) in [6, 6.07) is 8.59. The van der Waals surface area contributed by atoms with Gasteiger partial charge in [-0.15, -0.1) is 11.3 Å². The molecule has 65 valence electrons. The molecule has 1 aromatic heterocycles. The summed E-state index contributed by atoms with van der Waals surface area (Å²) in [7, 11) is 4.34. The molecular weight excluding hydrogens is 197 g/mol. The first kappa shape index (κ1) is 10.5. The van der Waals surface area contributed by atoms with Crippen LogP contribution >= 0.6 is 24.2 Å². The first-order valence-corrected chi connectivity index (χ1v) is 5.04. The summed E-state index contributed by atoms with van der Waals surface area (Å²) in [4.78, 5) is 0. The average Bonchev–Trinajstić information content (AvgIpc) is 2.54. The Kier molecular flexibility index (Phi) is 4.19. The van der Waals surface area contributed by atoms with E-state index in [1.54, 1.807) is 11.3 Å². The van der Waals surface area contributed by atoms with E-state index in [9.17, 15) is 0 Å². The maximum atomic E-state index is 4.34. The molecule has 1 aromatic carbocycles. The summed E-state index contributed by atoms with van der Waals surface area (Å²) in [5, 5.41) is 3.53. The molecule has 1 radical (unpaired) electrons. The van der Waals surface area contributed by atoms with Gasteiger partial charge >= 0.3 is 24.8 Å². The quantitative estimate of drug-likeness (QED) is 0.501. The van der Waals surface area contributed by atoms with Crippen molar-refractivity contribution < 1.29 is 0 Å². The molecule has 2 aromatic rings. The molecule has 13 heavy (non-hydrogen) atoms. The van der Waals surface area contributed by atoms with Crippen LogP contribution in [0.4, 0.5) is 0 Å². The summed E-state index contributed by atoms with van der Waals surface area (Å²) in [5.41, 5.74) is 1.37. The second-order valence-corrected chi connectivity index (χ2v) is 3.70. The molecule has 0 unspecified atom stereocenters. The average molecular weight is 206 g/mol. The zero-order valence-electron chi connectivity index (χ0n) is 7.27. The van der Waals surface area contributed by atoms with Crippen molar-refractivity contribution in [3.8, 4) is 0 Å². The van der Waals surface area contributed by atoms with Gasteiger partial charge in [-0.2, -0.15) is 0 Å². The van der Waals surface area contributed by atoms with E-state index in [-0.39, 0.29) is 0 Å². The molecule has 0 saturated heterocycles. The summed E-state index contributed by atoms with van der Waals surface area (Å²) in [6.07, 6.45) is 0. The second-order valence-electron chi connectivity index (χ2n) is 2.52. The number of hydrogen-bond acceptors (Lipinski definition) is 3. The van der Waals surface area contributed by atoms with Crippen molar-refractivity contribution in [1.29, 1.82) is 0 Å². The van der Waals surface area contributed by atoms with Crippen molar-refractivity contribution in [2.45, 2.75) is 6.92 Å². The van der Waals surface area contributed by atoms with Crippen LogP contribution in [0.1, 0.15) is 5.56 Å². The van der Waals surface area contributed by atoms with Crippen LogP contribution in [0.15, 0.2) is 33.9 Å². The van der Waals surface area contributed by atoms with E-state index < -0.39 is 0 Å². The minimum atomic E-state index is 1.37. The van der Waals surface area contributed by atoms with Gasteiger partial charge in [-0.05, 0) is 35.4 Å². The van der Waals surface area contributed by atoms with Crippen LogP contribution in [0, 0.1) is 6.92 Å². The van der Waals surface area contributed by atoms with Crippen LogP contribution < -0.4 is 0 Å². The van der Waals surface area contributed by atoms with Crippen LogP contribution in [0.3, 0.4) is 0 Å². The third kappa shape index (κ3) is 2.67. The maximum absolute atomic E-state index is 4.34. The van der Waals surface area contributed by atoms with Crippen LogP contribution in [0.5, 0.6) is 0 Å². The molecule has 0 aliphatic heterocycles. The molecule has 0 aliphatic rings. The summed E-state index contributed by atoms with van der Waals surface area (Å²) in [5.74, 6) is 0. The monoisotopic (exact) mass is 206 g/mol. The van der Waals surface area contributed by atoms with Gasteiger partial charge in [-0.3, -0.25) is 0 Å². The predicted octanol–water partition coefficient (Wildman–Crippen LogP) is 3.39. The molecule has 2 rings (SSSR count). The number of rotatable bonds is 0. The first-order chi connectivity index (χ1) is 6.29. The number of thiophene rings is 1. The van der Waals surface area contributed by atoms with E-state index in [0.717, 1.165) is 0 Å². The van der Waals surface area contributed by atoms with Gasteiger partial charge in [-0.1, -0.05) is 12.1 Å². The number of thiol groups is 1. The van der Waals surface area contributed by atoms with E-state index >= 15 is 0 Å². The van der Waals surface area contributed by atoms with E-state index in [1.165, 1.54) is 15.6 Å². The third-order valence-corrected chi connectivity index (χ3v) is 2.60. The molecule has 0 spiro atoms. The number of benzene rings is 1.